The zero-order valence-electron chi connectivity index (χ0n) is 12.3. The third-order valence-corrected chi connectivity index (χ3v) is 3.47. The molecule has 1 amide bonds. The van der Waals surface area contributed by atoms with Crippen LogP contribution in [0.25, 0.3) is 0 Å². The third kappa shape index (κ3) is 4.75. The molecule has 126 valence electrons. The number of amidine groups is 1. The molecule has 0 saturated heterocycles. The van der Waals surface area contributed by atoms with Crippen LogP contribution in [0.4, 0.5) is 13.2 Å². The fourth-order valence-corrected chi connectivity index (χ4v) is 2.28. The van der Waals surface area contributed by atoms with Crippen LogP contribution in [-0.2, 0) is 4.79 Å². The van der Waals surface area contributed by atoms with Crippen molar-refractivity contribution in [2.45, 2.75) is 38.5 Å². The number of halogens is 4. The fraction of sp³-hybridized carbons (Fsp3) is 0.429. The minimum absolute atomic E-state index is 0.129. The van der Waals surface area contributed by atoms with Gasteiger partial charge in [-0.05, 0) is 30.5 Å². The highest BCUT2D eigenvalue weighted by molar-refractivity contribution is 6.64. The fourth-order valence-electron chi connectivity index (χ4n) is 2.12. The lowest BCUT2D eigenvalue weighted by molar-refractivity contribution is -0.120. The zero-order valence-corrected chi connectivity index (χ0v) is 13.1. The van der Waals surface area contributed by atoms with Crippen molar-refractivity contribution in [1.82, 2.24) is 16.0 Å². The summed E-state index contributed by atoms with van der Waals surface area (Å²) in [6, 6.07) is 0. The summed E-state index contributed by atoms with van der Waals surface area (Å²) >= 11 is 5.66. The van der Waals surface area contributed by atoms with Gasteiger partial charge in [-0.1, -0.05) is 13.0 Å². The van der Waals surface area contributed by atoms with Crippen LogP contribution in [-0.4, -0.2) is 23.5 Å². The van der Waals surface area contributed by atoms with Crippen molar-refractivity contribution in [2.24, 2.45) is 4.99 Å². The zero-order chi connectivity index (χ0) is 17.0. The smallest absolute Gasteiger partial charge is 0.362 e. The number of nitrogens with zero attached hydrogens (tertiary/aromatic N) is 1. The highest BCUT2D eigenvalue weighted by atomic mass is 35.5. The lowest BCUT2D eigenvalue weighted by Crippen LogP contribution is -2.49. The van der Waals surface area contributed by atoms with Crippen molar-refractivity contribution in [3.8, 4) is 0 Å². The molecule has 1 heterocycles. The topological polar surface area (TPSA) is 65.5 Å². The average Bonchev–Trinajstić information content (AvgIpc) is 2.46. The van der Waals surface area contributed by atoms with Crippen LogP contribution in [0.3, 0.4) is 0 Å². The highest BCUT2D eigenvalue weighted by Crippen LogP contribution is 2.30. The molecule has 1 aliphatic heterocycles. The Bertz CT molecular complexity index is 608. The summed E-state index contributed by atoms with van der Waals surface area (Å²) in [7, 11) is 0. The molecule has 0 aromatic heterocycles. The van der Waals surface area contributed by atoms with Crippen molar-refractivity contribution in [1.29, 1.82) is 0 Å². The molecule has 0 spiro atoms. The first kappa shape index (κ1) is 17.4. The molecule has 0 saturated carbocycles. The number of carbonyl (C=O) groups excluding carboxylic acids is 1. The Morgan fingerprint density at radius 2 is 2.26 bits per heavy atom. The highest BCUT2D eigenvalue weighted by Gasteiger charge is 2.40. The second-order valence-corrected chi connectivity index (χ2v) is 5.35. The molecule has 23 heavy (non-hydrogen) atoms. The van der Waals surface area contributed by atoms with E-state index in [2.05, 4.69) is 20.9 Å². The number of amides is 1. The number of allylic oxidation sites excluding steroid dienone is 3. The predicted octanol–water partition coefficient (Wildman–Crippen LogP) is 2.63. The molecule has 1 atom stereocenters. The van der Waals surface area contributed by atoms with Gasteiger partial charge < -0.3 is 16.0 Å². The quantitative estimate of drug-likeness (QED) is 0.684. The van der Waals surface area contributed by atoms with Gasteiger partial charge >= 0.3 is 6.18 Å². The van der Waals surface area contributed by atoms with E-state index < -0.39 is 17.9 Å². The van der Waals surface area contributed by atoms with Crippen molar-refractivity contribution >= 4 is 22.8 Å². The number of hydrogen-bond donors (Lipinski definition) is 3. The number of hydrogen-bond acceptors (Lipinski definition) is 4. The van der Waals surface area contributed by atoms with E-state index in [4.69, 9.17) is 11.6 Å². The summed E-state index contributed by atoms with van der Waals surface area (Å²) in [5.74, 6) is -0.139. The maximum Gasteiger partial charge on any atom is 0.417 e. The minimum atomic E-state index is -4.54. The Balaban J connectivity index is 2.11. The van der Waals surface area contributed by atoms with Crippen molar-refractivity contribution < 1.29 is 18.0 Å². The SMILES string of the molecule is CCC(=O)NC1=CC(NC2NC(Cl)=NC=C2C(F)(F)F)=CCC1. The van der Waals surface area contributed by atoms with Crippen LogP contribution in [0.15, 0.2) is 40.3 Å². The van der Waals surface area contributed by atoms with Crippen LogP contribution in [0, 0.1) is 0 Å². The molecule has 5 nitrogen and oxygen atoms in total. The molecule has 0 radical (unpaired) electrons. The van der Waals surface area contributed by atoms with Crippen LogP contribution >= 0.6 is 11.6 Å². The molecular formula is C14H16ClF3N4O. The molecule has 0 aromatic rings. The average molecular weight is 349 g/mol. The second kappa shape index (κ2) is 7.08. The van der Waals surface area contributed by atoms with Gasteiger partial charge in [-0.25, -0.2) is 4.99 Å². The molecule has 3 N–H and O–H groups in total. The maximum atomic E-state index is 13.0. The summed E-state index contributed by atoms with van der Waals surface area (Å²) < 4.78 is 39.0. The summed E-state index contributed by atoms with van der Waals surface area (Å²) in [5.41, 5.74) is 0.262. The molecule has 2 aliphatic rings. The van der Waals surface area contributed by atoms with Crippen LogP contribution in [0.2, 0.25) is 0 Å². The second-order valence-electron chi connectivity index (χ2n) is 4.99. The minimum Gasteiger partial charge on any atom is -0.362 e. The van der Waals surface area contributed by atoms with Crippen molar-refractivity contribution in [2.75, 3.05) is 0 Å². The Kier molecular flexibility index (Phi) is 5.35. The first-order valence-corrected chi connectivity index (χ1v) is 7.41. The van der Waals surface area contributed by atoms with E-state index >= 15 is 0 Å². The van der Waals surface area contributed by atoms with E-state index in [1.165, 1.54) is 0 Å². The number of aliphatic imine (C=N–C) groups is 1. The van der Waals surface area contributed by atoms with Gasteiger partial charge in [0.15, 0.2) is 5.29 Å². The third-order valence-electron chi connectivity index (χ3n) is 3.26. The van der Waals surface area contributed by atoms with Gasteiger partial charge in [0.2, 0.25) is 5.91 Å². The van der Waals surface area contributed by atoms with Crippen molar-refractivity contribution in [3.63, 3.8) is 0 Å². The van der Waals surface area contributed by atoms with E-state index in [9.17, 15) is 18.0 Å². The first-order chi connectivity index (χ1) is 10.8. The lowest BCUT2D eigenvalue weighted by atomic mass is 10.1. The molecule has 1 aliphatic carbocycles. The Labute approximate surface area is 136 Å². The lowest BCUT2D eigenvalue weighted by Gasteiger charge is -2.28. The van der Waals surface area contributed by atoms with Crippen LogP contribution < -0.4 is 16.0 Å². The predicted molar refractivity (Wildman–Crippen MR) is 81.3 cm³/mol. The van der Waals surface area contributed by atoms with Crippen LogP contribution in [0.1, 0.15) is 26.2 Å². The Morgan fingerprint density at radius 3 is 2.91 bits per heavy atom. The molecule has 2 rings (SSSR count). The Morgan fingerprint density at radius 1 is 1.52 bits per heavy atom. The monoisotopic (exact) mass is 348 g/mol. The van der Waals surface area contributed by atoms with Crippen LogP contribution in [0.5, 0.6) is 0 Å². The van der Waals surface area contributed by atoms with E-state index in [0.717, 1.165) is 0 Å². The molecule has 1 unspecified atom stereocenters. The van der Waals surface area contributed by atoms with E-state index in [1.807, 2.05) is 0 Å². The van der Waals surface area contributed by atoms with E-state index in [1.54, 1.807) is 19.1 Å². The standard InChI is InChI=1S/C14H16ClF3N4O/c1-2-11(23)20-8-4-3-5-9(6-8)21-12-10(14(16,17)18)7-19-13(15)22-12/h5-7,12,21H,2-4H2,1H3,(H,19,22)(H,20,23). The van der Waals surface area contributed by atoms with Gasteiger partial charge in [-0.2, -0.15) is 13.2 Å². The normalized spacial score (nSPS) is 21.3. The summed E-state index contributed by atoms with van der Waals surface area (Å²) in [6.45, 7) is 1.72. The van der Waals surface area contributed by atoms with E-state index in [-0.39, 0.29) is 11.2 Å². The summed E-state index contributed by atoms with van der Waals surface area (Å²) in [6.07, 6.45) is -0.141. The largest absolute Gasteiger partial charge is 0.417 e. The maximum absolute atomic E-state index is 13.0. The number of alkyl halides is 3. The first-order valence-electron chi connectivity index (χ1n) is 7.04. The van der Waals surface area contributed by atoms with Gasteiger partial charge in [0.05, 0.1) is 5.57 Å². The van der Waals surface area contributed by atoms with E-state index in [0.29, 0.717) is 36.9 Å². The van der Waals surface area contributed by atoms with Gasteiger partial charge in [0, 0.05) is 24.0 Å². The van der Waals surface area contributed by atoms with Gasteiger partial charge in [0.25, 0.3) is 0 Å². The van der Waals surface area contributed by atoms with Crippen molar-refractivity contribution in [3.05, 3.63) is 35.3 Å². The molecule has 9 heteroatoms. The molecular weight excluding hydrogens is 333 g/mol. The molecule has 0 fully saturated rings. The number of nitrogens with one attached hydrogen (secondary N) is 3. The van der Waals surface area contributed by atoms with Gasteiger partial charge in [-0.15, -0.1) is 0 Å². The number of carbonyl (C=O) groups is 1. The molecule has 0 aromatic carbocycles. The summed E-state index contributed by atoms with van der Waals surface area (Å²) in [5, 5.41) is 7.77. The van der Waals surface area contributed by atoms with Gasteiger partial charge in [0.1, 0.15) is 6.17 Å². The molecule has 0 bridgehead atoms. The van der Waals surface area contributed by atoms with Gasteiger partial charge in [-0.3, -0.25) is 4.79 Å². The number of rotatable bonds is 4. The summed E-state index contributed by atoms with van der Waals surface area (Å²) in [4.78, 5) is 14.9. The Hall–Kier alpha value is -1.96.